The van der Waals surface area contributed by atoms with E-state index in [0.717, 1.165) is 28.6 Å². The van der Waals surface area contributed by atoms with Crippen LogP contribution in [0, 0.1) is 0 Å². The number of fused-ring (bicyclic) bond motifs is 2. The maximum Gasteiger partial charge on any atom is 0.272 e. The summed E-state index contributed by atoms with van der Waals surface area (Å²) in [7, 11) is 0. The van der Waals surface area contributed by atoms with Crippen LogP contribution in [0.15, 0.2) is 42.5 Å². The summed E-state index contributed by atoms with van der Waals surface area (Å²) in [6.45, 7) is 2.25. The summed E-state index contributed by atoms with van der Waals surface area (Å²) in [4.78, 5) is 29.0. The first-order valence-electron chi connectivity index (χ1n) is 8.02. The maximum absolute atomic E-state index is 12.5. The molecule has 126 valence electrons. The zero-order valence-electron chi connectivity index (χ0n) is 13.6. The molecule has 0 fully saturated rings. The summed E-state index contributed by atoms with van der Waals surface area (Å²) >= 11 is 5.98. The number of halogens is 1. The van der Waals surface area contributed by atoms with E-state index in [0.29, 0.717) is 22.9 Å². The minimum Gasteiger partial charge on any atom is -0.351 e. The molecular formula is C19H16ClN3O2. The largest absolute Gasteiger partial charge is 0.351 e. The molecular weight excluding hydrogens is 338 g/mol. The molecule has 2 aromatic carbocycles. The van der Waals surface area contributed by atoms with Crippen LogP contribution in [-0.2, 0) is 11.2 Å². The number of hydrogen-bond donors (Lipinski definition) is 2. The van der Waals surface area contributed by atoms with Gasteiger partial charge in [0, 0.05) is 40.8 Å². The average molecular weight is 354 g/mol. The standard InChI is InChI=1S/C19H16ClN3O2/c1-11(24)23-7-6-12-9-15(3-5-18(12)23)21-19(25)17-10-13-8-14(20)2-4-16(13)22-17/h2-5,8-10,22H,6-7H2,1H3,(H,21,25). The van der Waals surface area contributed by atoms with E-state index < -0.39 is 0 Å². The first-order valence-corrected chi connectivity index (χ1v) is 8.40. The second kappa shape index (κ2) is 5.93. The number of rotatable bonds is 2. The summed E-state index contributed by atoms with van der Waals surface area (Å²) < 4.78 is 0. The van der Waals surface area contributed by atoms with E-state index in [1.165, 1.54) is 0 Å². The zero-order valence-corrected chi connectivity index (χ0v) is 14.4. The lowest BCUT2D eigenvalue weighted by Crippen LogP contribution is -2.25. The molecule has 0 spiro atoms. The predicted octanol–water partition coefficient (Wildman–Crippen LogP) is 3.98. The molecule has 1 aliphatic rings. The molecule has 0 unspecified atom stereocenters. The van der Waals surface area contributed by atoms with E-state index >= 15 is 0 Å². The van der Waals surface area contributed by atoms with Crippen molar-refractivity contribution in [2.75, 3.05) is 16.8 Å². The second-order valence-corrected chi connectivity index (χ2v) is 6.57. The molecule has 1 aliphatic heterocycles. The van der Waals surface area contributed by atoms with E-state index in [-0.39, 0.29) is 11.8 Å². The van der Waals surface area contributed by atoms with Gasteiger partial charge < -0.3 is 15.2 Å². The van der Waals surface area contributed by atoms with Crippen molar-refractivity contribution in [1.29, 1.82) is 0 Å². The quantitative estimate of drug-likeness (QED) is 0.731. The Bertz CT molecular complexity index is 1010. The van der Waals surface area contributed by atoms with Crippen LogP contribution < -0.4 is 10.2 Å². The van der Waals surface area contributed by atoms with Gasteiger partial charge >= 0.3 is 0 Å². The van der Waals surface area contributed by atoms with Gasteiger partial charge in [-0.25, -0.2) is 0 Å². The van der Waals surface area contributed by atoms with Crippen LogP contribution in [0.3, 0.4) is 0 Å². The van der Waals surface area contributed by atoms with Crippen LogP contribution in [0.2, 0.25) is 5.02 Å². The normalized spacial score (nSPS) is 13.1. The van der Waals surface area contributed by atoms with Gasteiger partial charge in [0.1, 0.15) is 5.69 Å². The minimum absolute atomic E-state index is 0.0345. The summed E-state index contributed by atoms with van der Waals surface area (Å²) in [5, 5.41) is 4.42. The number of aromatic amines is 1. The number of aromatic nitrogens is 1. The molecule has 0 saturated heterocycles. The van der Waals surface area contributed by atoms with Gasteiger partial charge in [-0.3, -0.25) is 9.59 Å². The summed E-state index contributed by atoms with van der Waals surface area (Å²) in [6, 6.07) is 12.8. The third-order valence-corrected chi connectivity index (χ3v) is 4.68. The zero-order chi connectivity index (χ0) is 17.6. The fraction of sp³-hybridized carbons (Fsp3) is 0.158. The van der Waals surface area contributed by atoms with Crippen LogP contribution in [0.4, 0.5) is 11.4 Å². The molecule has 0 aliphatic carbocycles. The van der Waals surface area contributed by atoms with Gasteiger partial charge in [0.15, 0.2) is 0 Å². The molecule has 2 N–H and O–H groups in total. The number of carbonyl (C=O) groups excluding carboxylic acids is 2. The van der Waals surface area contributed by atoms with E-state index in [1.54, 1.807) is 24.0 Å². The number of anilines is 2. The van der Waals surface area contributed by atoms with Crippen molar-refractivity contribution in [3.63, 3.8) is 0 Å². The Hall–Kier alpha value is -2.79. The van der Waals surface area contributed by atoms with Crippen molar-refractivity contribution in [2.24, 2.45) is 0 Å². The molecule has 2 amide bonds. The van der Waals surface area contributed by atoms with Gasteiger partial charge in [-0.2, -0.15) is 0 Å². The van der Waals surface area contributed by atoms with Crippen LogP contribution in [0.1, 0.15) is 23.0 Å². The first kappa shape index (κ1) is 15.7. The molecule has 5 nitrogen and oxygen atoms in total. The molecule has 0 bridgehead atoms. The number of amides is 2. The van der Waals surface area contributed by atoms with E-state index in [4.69, 9.17) is 11.6 Å². The maximum atomic E-state index is 12.5. The van der Waals surface area contributed by atoms with Gasteiger partial charge in [-0.15, -0.1) is 0 Å². The molecule has 0 saturated carbocycles. The lowest BCUT2D eigenvalue weighted by Gasteiger charge is -2.15. The molecule has 3 aromatic rings. The number of nitrogens with zero attached hydrogens (tertiary/aromatic N) is 1. The number of nitrogens with one attached hydrogen (secondary N) is 2. The number of hydrogen-bond acceptors (Lipinski definition) is 2. The minimum atomic E-state index is -0.214. The molecule has 0 atom stereocenters. The van der Waals surface area contributed by atoms with Crippen molar-refractivity contribution >= 4 is 45.7 Å². The Morgan fingerprint density at radius 3 is 2.80 bits per heavy atom. The van der Waals surface area contributed by atoms with Crippen molar-refractivity contribution in [3.8, 4) is 0 Å². The summed E-state index contributed by atoms with van der Waals surface area (Å²) in [6.07, 6.45) is 0.795. The Labute approximate surface area is 149 Å². The van der Waals surface area contributed by atoms with Gasteiger partial charge in [-0.05, 0) is 54.4 Å². The smallest absolute Gasteiger partial charge is 0.272 e. The Morgan fingerprint density at radius 1 is 1.16 bits per heavy atom. The second-order valence-electron chi connectivity index (χ2n) is 6.13. The Kier molecular flexibility index (Phi) is 3.73. The predicted molar refractivity (Wildman–Crippen MR) is 99.4 cm³/mol. The fourth-order valence-electron chi connectivity index (χ4n) is 3.23. The van der Waals surface area contributed by atoms with E-state index in [2.05, 4.69) is 10.3 Å². The van der Waals surface area contributed by atoms with E-state index in [1.807, 2.05) is 30.3 Å². The molecule has 6 heteroatoms. The van der Waals surface area contributed by atoms with Gasteiger partial charge in [0.05, 0.1) is 0 Å². The number of H-pyrrole nitrogens is 1. The molecule has 0 radical (unpaired) electrons. The van der Waals surface area contributed by atoms with E-state index in [9.17, 15) is 9.59 Å². The third kappa shape index (κ3) is 2.87. The Morgan fingerprint density at radius 2 is 2.00 bits per heavy atom. The number of carbonyl (C=O) groups is 2. The van der Waals surface area contributed by atoms with Crippen molar-refractivity contribution in [1.82, 2.24) is 4.98 Å². The molecule has 1 aromatic heterocycles. The van der Waals surface area contributed by atoms with Crippen molar-refractivity contribution in [3.05, 3.63) is 58.7 Å². The summed E-state index contributed by atoms with van der Waals surface area (Å²) in [5.74, 6) is -0.180. The monoisotopic (exact) mass is 353 g/mol. The molecule has 25 heavy (non-hydrogen) atoms. The highest BCUT2D eigenvalue weighted by Crippen LogP contribution is 2.30. The SMILES string of the molecule is CC(=O)N1CCc2cc(NC(=O)c3cc4cc(Cl)ccc4[nH]3)ccc21. The lowest BCUT2D eigenvalue weighted by molar-refractivity contribution is -0.116. The van der Waals surface area contributed by atoms with Crippen molar-refractivity contribution in [2.45, 2.75) is 13.3 Å². The third-order valence-electron chi connectivity index (χ3n) is 4.44. The summed E-state index contributed by atoms with van der Waals surface area (Å²) in [5.41, 5.74) is 4.04. The highest BCUT2D eigenvalue weighted by atomic mass is 35.5. The van der Waals surface area contributed by atoms with Crippen LogP contribution in [-0.4, -0.2) is 23.3 Å². The van der Waals surface area contributed by atoms with Gasteiger partial charge in [0.25, 0.3) is 5.91 Å². The average Bonchev–Trinajstić information content (AvgIpc) is 3.17. The highest BCUT2D eigenvalue weighted by Gasteiger charge is 2.22. The molecule has 2 heterocycles. The first-order chi connectivity index (χ1) is 12.0. The van der Waals surface area contributed by atoms with Gasteiger partial charge in [0.2, 0.25) is 5.91 Å². The van der Waals surface area contributed by atoms with Gasteiger partial charge in [-0.1, -0.05) is 11.6 Å². The van der Waals surface area contributed by atoms with Crippen LogP contribution in [0.5, 0.6) is 0 Å². The molecule has 4 rings (SSSR count). The number of benzene rings is 2. The topological polar surface area (TPSA) is 65.2 Å². The van der Waals surface area contributed by atoms with Crippen LogP contribution in [0.25, 0.3) is 10.9 Å². The lowest BCUT2D eigenvalue weighted by atomic mass is 10.1. The highest BCUT2D eigenvalue weighted by molar-refractivity contribution is 6.31. The fourth-order valence-corrected chi connectivity index (χ4v) is 3.41. The Balaban J connectivity index is 1.57. The van der Waals surface area contributed by atoms with Crippen molar-refractivity contribution < 1.29 is 9.59 Å². The van der Waals surface area contributed by atoms with Crippen LogP contribution >= 0.6 is 11.6 Å².